The Hall–Kier alpha value is -0.120. The van der Waals surface area contributed by atoms with Gasteiger partial charge in [0.25, 0.3) is 0 Å². The Balaban J connectivity index is 1.99. The lowest BCUT2D eigenvalue weighted by atomic mass is 9.99. The Labute approximate surface area is 137 Å². The van der Waals surface area contributed by atoms with Gasteiger partial charge >= 0.3 is 0 Å². The molecule has 1 fully saturated rings. The second-order valence-electron chi connectivity index (χ2n) is 7.43. The third kappa shape index (κ3) is 8.50. The molecule has 22 heavy (non-hydrogen) atoms. The molecule has 1 rings (SSSR count). The van der Waals surface area contributed by atoms with E-state index in [-0.39, 0.29) is 18.3 Å². The molecule has 1 aliphatic rings. The van der Waals surface area contributed by atoms with Crippen LogP contribution in [-0.2, 0) is 4.74 Å². The highest BCUT2D eigenvalue weighted by molar-refractivity contribution is 4.95. The molecule has 3 nitrogen and oxygen atoms in total. The summed E-state index contributed by atoms with van der Waals surface area (Å²) in [5.74, 6) is 0.686. The fourth-order valence-corrected chi connectivity index (χ4v) is 3.13. The Kier molecular flexibility index (Phi) is 10.3. The molecule has 0 spiro atoms. The Morgan fingerprint density at radius 2 is 1.23 bits per heavy atom. The van der Waals surface area contributed by atoms with Crippen LogP contribution in [-0.4, -0.2) is 34.6 Å². The van der Waals surface area contributed by atoms with Crippen LogP contribution in [0.1, 0.15) is 91.4 Å². The fraction of sp³-hybridized carbons (Fsp3) is 1.00. The van der Waals surface area contributed by atoms with Gasteiger partial charge < -0.3 is 14.9 Å². The van der Waals surface area contributed by atoms with E-state index >= 15 is 0 Å². The van der Waals surface area contributed by atoms with Gasteiger partial charge in [-0.25, -0.2) is 0 Å². The van der Waals surface area contributed by atoms with Crippen LogP contribution in [0, 0.1) is 5.92 Å². The maximum Gasteiger partial charge on any atom is 0.113 e. The summed E-state index contributed by atoms with van der Waals surface area (Å²) >= 11 is 0. The van der Waals surface area contributed by atoms with Gasteiger partial charge in [-0.15, -0.1) is 0 Å². The van der Waals surface area contributed by atoms with Crippen molar-refractivity contribution in [1.29, 1.82) is 0 Å². The highest BCUT2D eigenvalue weighted by atomic mass is 16.6. The van der Waals surface area contributed by atoms with Crippen LogP contribution in [0.25, 0.3) is 0 Å². The predicted molar refractivity (Wildman–Crippen MR) is 92.0 cm³/mol. The summed E-state index contributed by atoms with van der Waals surface area (Å²) in [7, 11) is 0. The summed E-state index contributed by atoms with van der Waals surface area (Å²) in [6.07, 6.45) is 11.6. The highest BCUT2D eigenvalue weighted by Gasteiger charge is 2.48. The molecule has 1 saturated heterocycles. The number of aliphatic hydroxyl groups is 2. The zero-order valence-electron chi connectivity index (χ0n) is 15.0. The number of epoxide rings is 1. The third-order valence-electron chi connectivity index (χ3n) is 4.70. The summed E-state index contributed by atoms with van der Waals surface area (Å²) < 4.78 is 5.51. The van der Waals surface area contributed by atoms with Gasteiger partial charge in [-0.05, 0) is 18.8 Å². The van der Waals surface area contributed by atoms with Crippen LogP contribution in [0.3, 0.4) is 0 Å². The van der Waals surface area contributed by atoms with E-state index in [0.717, 1.165) is 32.1 Å². The molecular formula is C19H38O3. The third-order valence-corrected chi connectivity index (χ3v) is 4.70. The van der Waals surface area contributed by atoms with E-state index in [1.54, 1.807) is 0 Å². The average molecular weight is 315 g/mol. The molecule has 1 heterocycles. The first-order chi connectivity index (χ1) is 10.6. The molecule has 0 radical (unpaired) electrons. The van der Waals surface area contributed by atoms with E-state index in [9.17, 15) is 10.2 Å². The molecular weight excluding hydrogens is 276 g/mol. The number of aliphatic hydroxyl groups excluding tert-OH is 2. The molecule has 0 aromatic heterocycles. The molecule has 2 N–H and O–H groups in total. The smallest absolute Gasteiger partial charge is 0.113 e. The van der Waals surface area contributed by atoms with Crippen molar-refractivity contribution in [3.63, 3.8) is 0 Å². The summed E-state index contributed by atoms with van der Waals surface area (Å²) in [6.45, 7) is 6.64. The summed E-state index contributed by atoms with van der Waals surface area (Å²) in [5, 5.41) is 20.2. The largest absolute Gasteiger partial charge is 0.390 e. The predicted octanol–water partition coefficient (Wildman–Crippen LogP) is 4.44. The van der Waals surface area contributed by atoms with Crippen LogP contribution in [0.5, 0.6) is 0 Å². The number of rotatable bonds is 14. The zero-order chi connectivity index (χ0) is 16.4. The van der Waals surface area contributed by atoms with Gasteiger partial charge in [-0.3, -0.25) is 0 Å². The monoisotopic (exact) mass is 314 g/mol. The Bertz CT molecular complexity index is 267. The van der Waals surface area contributed by atoms with Crippen LogP contribution in [0.2, 0.25) is 0 Å². The number of unbranched alkanes of at least 4 members (excludes halogenated alkanes) is 6. The van der Waals surface area contributed by atoms with Crippen LogP contribution < -0.4 is 0 Å². The minimum absolute atomic E-state index is 0.117. The molecule has 3 heteroatoms. The average Bonchev–Trinajstić information content (AvgIpc) is 3.26. The molecule has 132 valence electrons. The summed E-state index contributed by atoms with van der Waals surface area (Å²) in [6, 6.07) is 0. The molecule has 4 atom stereocenters. The van der Waals surface area contributed by atoms with Gasteiger partial charge in [0, 0.05) is 0 Å². The normalized spacial score (nSPS) is 23.7. The molecule has 0 aromatic carbocycles. The molecule has 0 unspecified atom stereocenters. The van der Waals surface area contributed by atoms with Gasteiger partial charge in [-0.2, -0.15) is 0 Å². The number of hydrogen-bond donors (Lipinski definition) is 2. The van der Waals surface area contributed by atoms with Gasteiger partial charge in [0.15, 0.2) is 0 Å². The van der Waals surface area contributed by atoms with Gasteiger partial charge in [0.1, 0.15) is 12.2 Å². The molecule has 1 aliphatic heterocycles. The minimum Gasteiger partial charge on any atom is -0.390 e. The minimum atomic E-state index is -0.396. The van der Waals surface area contributed by atoms with E-state index in [2.05, 4.69) is 20.8 Å². The van der Waals surface area contributed by atoms with Gasteiger partial charge in [0.05, 0.1) is 12.2 Å². The quantitative estimate of drug-likeness (QED) is 0.368. The van der Waals surface area contributed by atoms with E-state index in [0.29, 0.717) is 5.92 Å². The zero-order valence-corrected chi connectivity index (χ0v) is 15.0. The van der Waals surface area contributed by atoms with Crippen LogP contribution in [0.15, 0.2) is 0 Å². The highest BCUT2D eigenvalue weighted by Crippen LogP contribution is 2.32. The van der Waals surface area contributed by atoms with Crippen molar-refractivity contribution >= 4 is 0 Å². The van der Waals surface area contributed by atoms with E-state index < -0.39 is 6.10 Å². The van der Waals surface area contributed by atoms with E-state index in [4.69, 9.17) is 4.74 Å². The molecule has 0 saturated carbocycles. The first-order valence-electron chi connectivity index (χ1n) is 9.57. The van der Waals surface area contributed by atoms with Crippen molar-refractivity contribution in [2.24, 2.45) is 5.92 Å². The number of hydrogen-bond acceptors (Lipinski definition) is 3. The summed E-state index contributed by atoms with van der Waals surface area (Å²) in [4.78, 5) is 0. The van der Waals surface area contributed by atoms with Crippen molar-refractivity contribution in [2.45, 2.75) is 116 Å². The van der Waals surface area contributed by atoms with Crippen molar-refractivity contribution in [1.82, 2.24) is 0 Å². The molecule has 0 aliphatic carbocycles. The maximum absolute atomic E-state index is 10.1. The Morgan fingerprint density at radius 1 is 0.727 bits per heavy atom. The van der Waals surface area contributed by atoms with E-state index in [1.165, 1.54) is 38.5 Å². The van der Waals surface area contributed by atoms with E-state index in [1.807, 2.05) is 0 Å². The standard InChI is InChI=1S/C19H38O3/c1-4-5-6-7-8-9-10-13-16(20)18-19(22-18)17(21)14-11-12-15(2)3/h15-21H,4-14H2,1-3H3/t16-,17-,18-,19+/m1/s1. The Morgan fingerprint density at radius 3 is 1.77 bits per heavy atom. The van der Waals surface area contributed by atoms with Crippen molar-refractivity contribution < 1.29 is 14.9 Å². The van der Waals surface area contributed by atoms with Gasteiger partial charge in [-0.1, -0.05) is 78.6 Å². The number of ether oxygens (including phenoxy) is 1. The lowest BCUT2D eigenvalue weighted by molar-refractivity contribution is 0.120. The lowest BCUT2D eigenvalue weighted by Gasteiger charge is -2.11. The van der Waals surface area contributed by atoms with Gasteiger partial charge in [0.2, 0.25) is 0 Å². The maximum atomic E-state index is 10.1. The van der Waals surface area contributed by atoms with Crippen molar-refractivity contribution in [3.05, 3.63) is 0 Å². The topological polar surface area (TPSA) is 53.0 Å². The fourth-order valence-electron chi connectivity index (χ4n) is 3.13. The summed E-state index contributed by atoms with van der Waals surface area (Å²) in [5.41, 5.74) is 0. The molecule has 0 amide bonds. The molecule has 0 bridgehead atoms. The SMILES string of the molecule is CCCCCCCCC[C@@H](O)[C@H]1O[C@H]1[C@H](O)CCCC(C)C. The second kappa shape index (κ2) is 11.4. The molecule has 0 aromatic rings. The first-order valence-corrected chi connectivity index (χ1v) is 9.57. The van der Waals surface area contributed by atoms with Crippen LogP contribution in [0.4, 0.5) is 0 Å². The second-order valence-corrected chi connectivity index (χ2v) is 7.43. The lowest BCUT2D eigenvalue weighted by Crippen LogP contribution is -2.24. The van der Waals surface area contributed by atoms with Crippen LogP contribution >= 0.6 is 0 Å². The van der Waals surface area contributed by atoms with Crippen molar-refractivity contribution in [3.8, 4) is 0 Å². The van der Waals surface area contributed by atoms with Crippen molar-refractivity contribution in [2.75, 3.05) is 0 Å². The first kappa shape index (κ1) is 19.9.